The first-order valence-electron chi connectivity index (χ1n) is 9.36. The van der Waals surface area contributed by atoms with Gasteiger partial charge >= 0.3 is 0 Å². The summed E-state index contributed by atoms with van der Waals surface area (Å²) < 4.78 is 10.7. The first-order valence-corrected chi connectivity index (χ1v) is 9.36. The van der Waals surface area contributed by atoms with Crippen LogP contribution in [0, 0.1) is 0 Å². The third kappa shape index (κ3) is 4.29. The molecule has 0 atom stereocenters. The molecule has 3 heterocycles. The van der Waals surface area contributed by atoms with E-state index in [0.29, 0.717) is 17.4 Å². The van der Waals surface area contributed by atoms with Gasteiger partial charge < -0.3 is 24.6 Å². The molecule has 0 aliphatic carbocycles. The molecule has 9 heteroatoms. The van der Waals surface area contributed by atoms with Crippen LogP contribution < -0.4 is 24.6 Å². The number of aromatic nitrogens is 4. The summed E-state index contributed by atoms with van der Waals surface area (Å²) in [5.74, 6) is 3.56. The second kappa shape index (κ2) is 8.59. The maximum Gasteiger partial charge on any atom is 0.249 e. The van der Waals surface area contributed by atoms with Crippen molar-refractivity contribution in [2.45, 2.75) is 0 Å². The van der Waals surface area contributed by atoms with Crippen LogP contribution in [0.5, 0.6) is 11.5 Å². The average molecular weight is 393 g/mol. The molecule has 0 amide bonds. The molecule has 0 unspecified atom stereocenters. The van der Waals surface area contributed by atoms with Crippen molar-refractivity contribution in [2.75, 3.05) is 55.5 Å². The zero-order valence-electron chi connectivity index (χ0n) is 16.4. The van der Waals surface area contributed by atoms with Crippen molar-refractivity contribution < 1.29 is 9.47 Å². The summed E-state index contributed by atoms with van der Waals surface area (Å²) in [6, 6.07) is 11.5. The maximum absolute atomic E-state index is 5.42. The highest BCUT2D eigenvalue weighted by molar-refractivity contribution is 5.64. The van der Waals surface area contributed by atoms with E-state index in [2.05, 4.69) is 35.3 Å². The summed E-state index contributed by atoms with van der Waals surface area (Å²) in [6.07, 6.45) is 3.51. The first-order chi connectivity index (χ1) is 14.3. The Morgan fingerprint density at radius 1 is 0.931 bits per heavy atom. The standard InChI is InChI=1S/C20H23N7O2/c1-28-15-6-7-16(17(13-15)29-2)23-20-24-19(14-22-25-20)27-11-9-26(10-12-27)18-5-3-4-8-21-18/h3-8,13-14H,9-12H2,1-2H3,(H,23,24,25). The number of nitrogens with zero attached hydrogens (tertiary/aromatic N) is 6. The van der Waals surface area contributed by atoms with Crippen molar-refractivity contribution in [3.8, 4) is 11.5 Å². The first kappa shape index (κ1) is 18.7. The number of hydrogen-bond donors (Lipinski definition) is 1. The second-order valence-electron chi connectivity index (χ2n) is 6.49. The lowest BCUT2D eigenvalue weighted by Crippen LogP contribution is -2.47. The quantitative estimate of drug-likeness (QED) is 0.678. The Morgan fingerprint density at radius 2 is 1.72 bits per heavy atom. The van der Waals surface area contributed by atoms with Crippen molar-refractivity contribution >= 4 is 23.3 Å². The number of anilines is 4. The van der Waals surface area contributed by atoms with E-state index in [1.165, 1.54) is 0 Å². The van der Waals surface area contributed by atoms with Crippen LogP contribution in [0.15, 0.2) is 48.8 Å². The van der Waals surface area contributed by atoms with Gasteiger partial charge in [-0.3, -0.25) is 0 Å². The third-order valence-electron chi connectivity index (χ3n) is 4.78. The Hall–Kier alpha value is -3.62. The predicted molar refractivity (Wildman–Crippen MR) is 111 cm³/mol. The molecule has 0 spiro atoms. The van der Waals surface area contributed by atoms with E-state index >= 15 is 0 Å². The minimum atomic E-state index is 0.415. The topological polar surface area (TPSA) is 88.5 Å². The summed E-state index contributed by atoms with van der Waals surface area (Å²) >= 11 is 0. The summed E-state index contributed by atoms with van der Waals surface area (Å²) in [6.45, 7) is 3.41. The van der Waals surface area contributed by atoms with Gasteiger partial charge in [-0.05, 0) is 24.3 Å². The van der Waals surface area contributed by atoms with Gasteiger partial charge in [-0.15, -0.1) is 5.10 Å². The van der Waals surface area contributed by atoms with Gasteiger partial charge in [0.1, 0.15) is 17.3 Å². The molecule has 1 saturated heterocycles. The van der Waals surface area contributed by atoms with Gasteiger partial charge in [-0.2, -0.15) is 10.1 Å². The maximum atomic E-state index is 5.42. The Morgan fingerprint density at radius 3 is 2.41 bits per heavy atom. The molecular formula is C20H23N7O2. The molecule has 1 aliphatic heterocycles. The number of methoxy groups -OCH3 is 2. The molecular weight excluding hydrogens is 370 g/mol. The Balaban J connectivity index is 1.44. The molecule has 1 fully saturated rings. The van der Waals surface area contributed by atoms with Crippen LogP contribution in [0.3, 0.4) is 0 Å². The number of rotatable bonds is 6. The Bertz CT molecular complexity index is 947. The van der Waals surface area contributed by atoms with E-state index < -0.39 is 0 Å². The summed E-state index contributed by atoms with van der Waals surface area (Å²) in [7, 11) is 3.22. The number of pyridine rings is 1. The van der Waals surface area contributed by atoms with Crippen LogP contribution in [0.1, 0.15) is 0 Å². The summed E-state index contributed by atoms with van der Waals surface area (Å²) in [4.78, 5) is 13.5. The molecule has 9 nitrogen and oxygen atoms in total. The van der Waals surface area contributed by atoms with E-state index in [1.807, 2.05) is 36.5 Å². The van der Waals surface area contributed by atoms with Gasteiger partial charge in [0.05, 0.1) is 26.1 Å². The highest BCUT2D eigenvalue weighted by Crippen LogP contribution is 2.30. The Labute approximate surface area is 169 Å². The fourth-order valence-corrected chi connectivity index (χ4v) is 3.23. The molecule has 4 rings (SSSR count). The lowest BCUT2D eigenvalue weighted by Gasteiger charge is -2.35. The normalized spacial score (nSPS) is 13.9. The monoisotopic (exact) mass is 393 g/mol. The fourth-order valence-electron chi connectivity index (χ4n) is 3.23. The second-order valence-corrected chi connectivity index (χ2v) is 6.49. The predicted octanol–water partition coefficient (Wildman–Crippen LogP) is 2.35. The average Bonchev–Trinajstić information content (AvgIpc) is 2.80. The van der Waals surface area contributed by atoms with Crippen molar-refractivity contribution in [1.82, 2.24) is 20.2 Å². The number of benzene rings is 1. The molecule has 1 aromatic carbocycles. The number of hydrogen-bond acceptors (Lipinski definition) is 9. The van der Waals surface area contributed by atoms with Crippen LogP contribution in [-0.2, 0) is 0 Å². The third-order valence-corrected chi connectivity index (χ3v) is 4.78. The largest absolute Gasteiger partial charge is 0.497 e. The van der Waals surface area contributed by atoms with Gasteiger partial charge in [-0.1, -0.05) is 6.07 Å². The number of piperazine rings is 1. The van der Waals surface area contributed by atoms with E-state index in [9.17, 15) is 0 Å². The van der Waals surface area contributed by atoms with Crippen LogP contribution in [0.4, 0.5) is 23.3 Å². The van der Waals surface area contributed by atoms with E-state index in [4.69, 9.17) is 9.47 Å². The summed E-state index contributed by atoms with van der Waals surface area (Å²) in [5.41, 5.74) is 0.743. The van der Waals surface area contributed by atoms with Gasteiger partial charge in [0.2, 0.25) is 5.95 Å². The zero-order valence-corrected chi connectivity index (χ0v) is 16.4. The lowest BCUT2D eigenvalue weighted by atomic mass is 10.2. The molecule has 0 saturated carbocycles. The van der Waals surface area contributed by atoms with Crippen molar-refractivity contribution in [3.63, 3.8) is 0 Å². The number of nitrogens with one attached hydrogen (secondary N) is 1. The zero-order chi connectivity index (χ0) is 20.1. The van der Waals surface area contributed by atoms with Crippen LogP contribution in [0.25, 0.3) is 0 Å². The molecule has 150 valence electrons. The molecule has 0 bridgehead atoms. The van der Waals surface area contributed by atoms with Crippen LogP contribution >= 0.6 is 0 Å². The van der Waals surface area contributed by atoms with Crippen molar-refractivity contribution in [1.29, 1.82) is 0 Å². The minimum Gasteiger partial charge on any atom is -0.497 e. The number of ether oxygens (including phenoxy) is 2. The molecule has 2 aromatic heterocycles. The highest BCUT2D eigenvalue weighted by Gasteiger charge is 2.20. The Kier molecular flexibility index (Phi) is 5.55. The smallest absolute Gasteiger partial charge is 0.249 e. The van der Waals surface area contributed by atoms with Gasteiger partial charge in [0, 0.05) is 38.4 Å². The SMILES string of the molecule is COc1ccc(Nc2nncc(N3CCN(c4ccccn4)CC3)n2)c(OC)c1. The molecule has 3 aromatic rings. The lowest BCUT2D eigenvalue weighted by molar-refractivity contribution is 0.395. The molecule has 29 heavy (non-hydrogen) atoms. The molecule has 1 aliphatic rings. The minimum absolute atomic E-state index is 0.415. The highest BCUT2D eigenvalue weighted by atomic mass is 16.5. The van der Waals surface area contributed by atoms with Gasteiger partial charge in [0.25, 0.3) is 0 Å². The van der Waals surface area contributed by atoms with Gasteiger partial charge in [-0.25, -0.2) is 4.98 Å². The van der Waals surface area contributed by atoms with Crippen LogP contribution in [-0.4, -0.2) is 60.6 Å². The molecule has 1 N–H and O–H groups in total. The van der Waals surface area contributed by atoms with E-state index in [0.717, 1.165) is 43.5 Å². The van der Waals surface area contributed by atoms with E-state index in [-0.39, 0.29) is 0 Å². The molecule has 0 radical (unpaired) electrons. The van der Waals surface area contributed by atoms with Crippen LogP contribution in [0.2, 0.25) is 0 Å². The van der Waals surface area contributed by atoms with E-state index in [1.54, 1.807) is 26.5 Å². The van der Waals surface area contributed by atoms with Crippen molar-refractivity contribution in [3.05, 3.63) is 48.8 Å². The van der Waals surface area contributed by atoms with Crippen molar-refractivity contribution in [2.24, 2.45) is 0 Å². The van der Waals surface area contributed by atoms with Gasteiger partial charge in [0.15, 0.2) is 5.82 Å². The summed E-state index contributed by atoms with van der Waals surface area (Å²) in [5, 5.41) is 11.4. The fraction of sp³-hybridized carbons (Fsp3) is 0.300.